The number of ether oxygens (including phenoxy) is 2. The Hall–Kier alpha value is -3.32. The molecule has 0 unspecified atom stereocenters. The lowest BCUT2D eigenvalue weighted by atomic mass is 10.1. The molecular weight excluding hydrogens is 386 g/mol. The highest BCUT2D eigenvalue weighted by Gasteiger charge is 2.13. The average molecular weight is 407 g/mol. The van der Waals surface area contributed by atoms with Crippen LogP contribution in [-0.2, 0) is 17.8 Å². The number of rotatable bonds is 7. The number of benzene rings is 2. The number of hydrogen-bond acceptors (Lipinski definition) is 5. The van der Waals surface area contributed by atoms with E-state index in [0.29, 0.717) is 11.7 Å². The number of carbonyl (C=O) groups is 1. The number of hydrogen-bond donors (Lipinski definition) is 1. The Morgan fingerprint density at radius 1 is 1.14 bits per heavy atom. The molecule has 4 aromatic rings. The molecule has 0 saturated carbocycles. The molecule has 2 heterocycles. The van der Waals surface area contributed by atoms with Crippen molar-refractivity contribution in [3.05, 3.63) is 71.4 Å². The van der Waals surface area contributed by atoms with E-state index in [1.165, 1.54) is 11.3 Å². The zero-order chi connectivity index (χ0) is 20.2. The van der Waals surface area contributed by atoms with E-state index in [1.807, 2.05) is 48.0 Å². The van der Waals surface area contributed by atoms with Crippen LogP contribution >= 0.6 is 11.3 Å². The van der Waals surface area contributed by atoms with Crippen molar-refractivity contribution in [2.45, 2.75) is 13.0 Å². The molecule has 0 spiro atoms. The average Bonchev–Trinajstić information content (AvgIpc) is 3.36. The quantitative estimate of drug-likeness (QED) is 0.495. The molecule has 7 heteroatoms. The summed E-state index contributed by atoms with van der Waals surface area (Å²) < 4.78 is 12.9. The van der Waals surface area contributed by atoms with Gasteiger partial charge in [0.15, 0.2) is 5.13 Å². The third kappa shape index (κ3) is 4.25. The summed E-state index contributed by atoms with van der Waals surface area (Å²) in [5, 5.41) is 6.37. The lowest BCUT2D eigenvalue weighted by Crippen LogP contribution is -2.14. The lowest BCUT2D eigenvalue weighted by molar-refractivity contribution is -0.115. The van der Waals surface area contributed by atoms with Crippen LogP contribution in [-0.4, -0.2) is 29.7 Å². The summed E-state index contributed by atoms with van der Waals surface area (Å²) in [4.78, 5) is 16.6. The van der Waals surface area contributed by atoms with Gasteiger partial charge in [-0.2, -0.15) is 0 Å². The van der Waals surface area contributed by atoms with Crippen molar-refractivity contribution in [3.63, 3.8) is 0 Å². The zero-order valence-electron chi connectivity index (χ0n) is 16.2. The smallest absolute Gasteiger partial charge is 0.230 e. The molecule has 0 aliphatic carbocycles. The van der Waals surface area contributed by atoms with Crippen LogP contribution in [0.4, 0.5) is 5.13 Å². The minimum atomic E-state index is -0.0779. The maximum absolute atomic E-state index is 12.5. The van der Waals surface area contributed by atoms with Gasteiger partial charge in [-0.1, -0.05) is 18.2 Å². The molecule has 0 radical (unpaired) electrons. The van der Waals surface area contributed by atoms with Gasteiger partial charge >= 0.3 is 0 Å². The fourth-order valence-electron chi connectivity index (χ4n) is 3.37. The number of fused-ring (bicyclic) bond motifs is 1. The van der Waals surface area contributed by atoms with E-state index < -0.39 is 0 Å². The summed E-state index contributed by atoms with van der Waals surface area (Å²) in [6.07, 6.45) is 4.00. The van der Waals surface area contributed by atoms with Gasteiger partial charge in [-0.3, -0.25) is 4.79 Å². The highest BCUT2D eigenvalue weighted by molar-refractivity contribution is 7.13. The summed E-state index contributed by atoms with van der Waals surface area (Å²) in [6, 6.07) is 13.9. The van der Waals surface area contributed by atoms with E-state index in [1.54, 1.807) is 20.4 Å². The molecule has 6 nitrogen and oxygen atoms in total. The SMILES string of the molecule is COc1cc(Cn2cc(CC(=O)Nc3nccs3)c3ccccc32)cc(OC)c1. The topological polar surface area (TPSA) is 65.4 Å². The van der Waals surface area contributed by atoms with Crippen molar-refractivity contribution in [2.75, 3.05) is 19.5 Å². The summed E-state index contributed by atoms with van der Waals surface area (Å²) in [6.45, 7) is 0.641. The van der Waals surface area contributed by atoms with Crippen molar-refractivity contribution < 1.29 is 14.3 Å². The predicted octanol–water partition coefficient (Wildman–Crippen LogP) is 4.34. The molecule has 2 aromatic carbocycles. The maximum atomic E-state index is 12.5. The molecule has 148 valence electrons. The molecule has 2 aromatic heterocycles. The van der Waals surface area contributed by atoms with Crippen LogP contribution in [0.2, 0.25) is 0 Å². The minimum absolute atomic E-state index is 0.0779. The minimum Gasteiger partial charge on any atom is -0.497 e. The van der Waals surface area contributed by atoms with Crippen molar-refractivity contribution in [1.29, 1.82) is 0 Å². The van der Waals surface area contributed by atoms with E-state index in [0.717, 1.165) is 33.5 Å². The molecule has 0 aliphatic heterocycles. The number of carbonyl (C=O) groups excluding carboxylic acids is 1. The molecule has 1 amide bonds. The molecular formula is C22H21N3O3S. The first-order valence-electron chi connectivity index (χ1n) is 9.14. The van der Waals surface area contributed by atoms with E-state index in [-0.39, 0.29) is 12.3 Å². The Labute approximate surface area is 172 Å². The molecule has 1 N–H and O–H groups in total. The number of nitrogens with one attached hydrogen (secondary N) is 1. The van der Waals surface area contributed by atoms with Crippen LogP contribution in [0.3, 0.4) is 0 Å². The van der Waals surface area contributed by atoms with Gasteiger partial charge in [-0.25, -0.2) is 4.98 Å². The second-order valence-corrected chi connectivity index (χ2v) is 7.48. The first-order valence-corrected chi connectivity index (χ1v) is 10.0. The Morgan fingerprint density at radius 2 is 1.90 bits per heavy atom. The van der Waals surface area contributed by atoms with Gasteiger partial charge in [-0.05, 0) is 29.3 Å². The third-order valence-electron chi connectivity index (χ3n) is 4.66. The molecule has 0 atom stereocenters. The van der Waals surface area contributed by atoms with Gasteiger partial charge in [0.05, 0.1) is 20.6 Å². The second-order valence-electron chi connectivity index (χ2n) is 6.58. The van der Waals surface area contributed by atoms with Crippen LogP contribution in [0.1, 0.15) is 11.1 Å². The number of amides is 1. The van der Waals surface area contributed by atoms with Gasteiger partial charge in [0, 0.05) is 41.3 Å². The van der Waals surface area contributed by atoms with Crippen molar-refractivity contribution in [1.82, 2.24) is 9.55 Å². The standard InChI is InChI=1S/C22H21N3O3S/c1-27-17-9-15(10-18(12-17)28-2)13-25-14-16(19-5-3-4-6-20(19)25)11-21(26)24-22-23-7-8-29-22/h3-10,12,14H,11,13H2,1-2H3,(H,23,24,26). The van der Waals surface area contributed by atoms with Crippen LogP contribution < -0.4 is 14.8 Å². The molecule has 29 heavy (non-hydrogen) atoms. The number of anilines is 1. The molecule has 4 rings (SSSR count). The van der Waals surface area contributed by atoms with Crippen LogP contribution in [0, 0.1) is 0 Å². The molecule has 0 fully saturated rings. The van der Waals surface area contributed by atoms with Gasteiger partial charge in [-0.15, -0.1) is 11.3 Å². The van der Waals surface area contributed by atoms with E-state index >= 15 is 0 Å². The van der Waals surface area contributed by atoms with E-state index in [2.05, 4.69) is 20.9 Å². The van der Waals surface area contributed by atoms with Gasteiger partial charge in [0.25, 0.3) is 0 Å². The Bertz CT molecular complexity index is 1110. The first kappa shape index (κ1) is 19.0. The highest BCUT2D eigenvalue weighted by Crippen LogP contribution is 2.27. The third-order valence-corrected chi connectivity index (χ3v) is 5.35. The monoisotopic (exact) mass is 407 g/mol. The number of nitrogens with zero attached hydrogens (tertiary/aromatic N) is 2. The van der Waals surface area contributed by atoms with Gasteiger partial charge < -0.3 is 19.4 Å². The Kier molecular flexibility index (Phi) is 5.48. The molecule has 0 saturated heterocycles. The maximum Gasteiger partial charge on any atom is 0.230 e. The lowest BCUT2D eigenvalue weighted by Gasteiger charge is -2.10. The predicted molar refractivity (Wildman–Crippen MR) is 115 cm³/mol. The van der Waals surface area contributed by atoms with Gasteiger partial charge in [0.1, 0.15) is 11.5 Å². The fraction of sp³-hybridized carbons (Fsp3) is 0.182. The summed E-state index contributed by atoms with van der Waals surface area (Å²) in [5.41, 5.74) is 3.11. The Morgan fingerprint density at radius 3 is 2.59 bits per heavy atom. The van der Waals surface area contributed by atoms with Crippen molar-refractivity contribution in [2.24, 2.45) is 0 Å². The van der Waals surface area contributed by atoms with Crippen molar-refractivity contribution >= 4 is 33.3 Å². The van der Waals surface area contributed by atoms with Crippen LogP contribution in [0.15, 0.2) is 60.2 Å². The van der Waals surface area contributed by atoms with Crippen molar-refractivity contribution in [3.8, 4) is 11.5 Å². The first-order chi connectivity index (χ1) is 14.2. The Balaban J connectivity index is 1.63. The largest absolute Gasteiger partial charge is 0.497 e. The summed E-state index contributed by atoms with van der Waals surface area (Å²) >= 11 is 1.41. The zero-order valence-corrected chi connectivity index (χ0v) is 17.0. The number of aromatic nitrogens is 2. The molecule has 0 bridgehead atoms. The normalized spacial score (nSPS) is 10.8. The number of para-hydroxylation sites is 1. The van der Waals surface area contributed by atoms with E-state index in [4.69, 9.17) is 9.47 Å². The van der Waals surface area contributed by atoms with Crippen LogP contribution in [0.25, 0.3) is 10.9 Å². The second kappa shape index (κ2) is 8.36. The van der Waals surface area contributed by atoms with Gasteiger partial charge in [0.2, 0.25) is 5.91 Å². The van der Waals surface area contributed by atoms with E-state index in [9.17, 15) is 4.79 Å². The summed E-state index contributed by atoms with van der Waals surface area (Å²) in [5.74, 6) is 1.42. The molecule has 0 aliphatic rings. The van der Waals surface area contributed by atoms with Crippen LogP contribution in [0.5, 0.6) is 11.5 Å². The highest BCUT2D eigenvalue weighted by atomic mass is 32.1. The fourth-order valence-corrected chi connectivity index (χ4v) is 3.92. The number of thiazole rings is 1. The summed E-state index contributed by atoms with van der Waals surface area (Å²) in [7, 11) is 3.28. The number of methoxy groups -OCH3 is 2.